The molecule has 1 fully saturated rings. The van der Waals surface area contributed by atoms with Gasteiger partial charge in [-0.2, -0.15) is 0 Å². The van der Waals surface area contributed by atoms with Crippen molar-refractivity contribution in [3.63, 3.8) is 0 Å². The Hall–Kier alpha value is -3.68. The van der Waals surface area contributed by atoms with Crippen LogP contribution in [0.3, 0.4) is 0 Å². The zero-order valence-electron chi connectivity index (χ0n) is 20.3. The lowest BCUT2D eigenvalue weighted by atomic mass is 10.1. The minimum absolute atomic E-state index is 0.0921. The van der Waals surface area contributed by atoms with Gasteiger partial charge < -0.3 is 28.7 Å². The van der Waals surface area contributed by atoms with Crippen LogP contribution >= 0.6 is 0 Å². The SMILES string of the molecule is CCCCOc1ccc(/C=C/C(=O)N2CCN(C(=O)C3COc4ccccc4O3)CC2)cc1OC. The zero-order chi connectivity index (χ0) is 24.6. The normalized spacial score (nSPS) is 17.4. The van der Waals surface area contributed by atoms with Crippen LogP contribution in [-0.2, 0) is 9.59 Å². The highest BCUT2D eigenvalue weighted by molar-refractivity contribution is 5.92. The summed E-state index contributed by atoms with van der Waals surface area (Å²) in [5.41, 5.74) is 0.849. The van der Waals surface area contributed by atoms with Crippen LogP contribution in [0, 0.1) is 0 Å². The van der Waals surface area contributed by atoms with Crippen LogP contribution in [0.25, 0.3) is 6.08 Å². The molecule has 8 heteroatoms. The van der Waals surface area contributed by atoms with Gasteiger partial charge in [-0.1, -0.05) is 31.5 Å². The number of fused-ring (bicyclic) bond motifs is 1. The number of carbonyl (C=O) groups is 2. The average molecular weight is 481 g/mol. The van der Waals surface area contributed by atoms with E-state index in [1.807, 2.05) is 36.4 Å². The van der Waals surface area contributed by atoms with Crippen molar-refractivity contribution in [1.82, 2.24) is 9.80 Å². The number of unbranched alkanes of at least 4 members (excludes halogenated alkanes) is 1. The van der Waals surface area contributed by atoms with E-state index >= 15 is 0 Å². The van der Waals surface area contributed by atoms with E-state index in [0.717, 1.165) is 18.4 Å². The van der Waals surface area contributed by atoms with Crippen molar-refractivity contribution in [3.05, 3.63) is 54.1 Å². The Kier molecular flexibility index (Phi) is 8.13. The maximum absolute atomic E-state index is 12.9. The molecule has 0 spiro atoms. The highest BCUT2D eigenvalue weighted by Gasteiger charge is 2.33. The van der Waals surface area contributed by atoms with Gasteiger partial charge in [-0.15, -0.1) is 0 Å². The van der Waals surface area contributed by atoms with Crippen LogP contribution in [-0.4, -0.2) is 74.2 Å². The summed E-state index contributed by atoms with van der Waals surface area (Å²) in [4.78, 5) is 29.1. The Morgan fingerprint density at radius 3 is 2.51 bits per heavy atom. The molecular formula is C27H32N2O6. The number of hydrogen-bond donors (Lipinski definition) is 0. The lowest BCUT2D eigenvalue weighted by molar-refractivity contribution is -0.145. The molecule has 2 aliphatic heterocycles. The molecule has 1 atom stereocenters. The fraction of sp³-hybridized carbons (Fsp3) is 0.407. The highest BCUT2D eigenvalue weighted by Crippen LogP contribution is 2.31. The highest BCUT2D eigenvalue weighted by atomic mass is 16.6. The molecule has 0 radical (unpaired) electrons. The van der Waals surface area contributed by atoms with Crippen molar-refractivity contribution in [1.29, 1.82) is 0 Å². The number of amides is 2. The van der Waals surface area contributed by atoms with E-state index in [4.69, 9.17) is 18.9 Å². The molecule has 8 nitrogen and oxygen atoms in total. The summed E-state index contributed by atoms with van der Waals surface area (Å²) in [6.45, 7) is 4.78. The van der Waals surface area contributed by atoms with Gasteiger partial charge in [-0.3, -0.25) is 9.59 Å². The maximum atomic E-state index is 12.9. The molecule has 2 aliphatic rings. The fourth-order valence-corrected chi connectivity index (χ4v) is 4.00. The second kappa shape index (κ2) is 11.6. The molecule has 35 heavy (non-hydrogen) atoms. The van der Waals surface area contributed by atoms with Crippen molar-refractivity contribution >= 4 is 17.9 Å². The van der Waals surface area contributed by atoms with E-state index in [-0.39, 0.29) is 18.4 Å². The molecule has 2 heterocycles. The second-order valence-corrected chi connectivity index (χ2v) is 8.46. The summed E-state index contributed by atoms with van der Waals surface area (Å²) >= 11 is 0. The predicted molar refractivity (Wildman–Crippen MR) is 132 cm³/mol. The molecule has 0 aromatic heterocycles. The molecule has 186 valence electrons. The molecule has 0 saturated carbocycles. The zero-order valence-corrected chi connectivity index (χ0v) is 20.3. The van der Waals surface area contributed by atoms with Gasteiger partial charge in [-0.25, -0.2) is 0 Å². The van der Waals surface area contributed by atoms with Gasteiger partial charge >= 0.3 is 0 Å². The van der Waals surface area contributed by atoms with Crippen molar-refractivity contribution in [2.45, 2.75) is 25.9 Å². The predicted octanol–water partition coefficient (Wildman–Crippen LogP) is 3.40. The van der Waals surface area contributed by atoms with E-state index < -0.39 is 6.10 Å². The summed E-state index contributed by atoms with van der Waals surface area (Å²) < 4.78 is 22.7. The van der Waals surface area contributed by atoms with E-state index in [1.165, 1.54) is 0 Å². The van der Waals surface area contributed by atoms with Gasteiger partial charge in [0.05, 0.1) is 13.7 Å². The molecule has 0 bridgehead atoms. The molecular weight excluding hydrogens is 448 g/mol. The number of carbonyl (C=O) groups excluding carboxylic acids is 2. The molecule has 0 N–H and O–H groups in total. The van der Waals surface area contributed by atoms with Crippen molar-refractivity contribution < 1.29 is 28.5 Å². The monoisotopic (exact) mass is 480 g/mol. The maximum Gasteiger partial charge on any atom is 0.267 e. The third kappa shape index (κ3) is 6.07. The molecule has 4 rings (SSSR count). The topological polar surface area (TPSA) is 77.5 Å². The number of piperazine rings is 1. The third-order valence-corrected chi connectivity index (χ3v) is 6.05. The van der Waals surface area contributed by atoms with Gasteiger partial charge in [0.1, 0.15) is 6.61 Å². The Labute approximate surface area is 206 Å². The summed E-state index contributed by atoms with van der Waals surface area (Å²) in [6.07, 6.45) is 4.69. The van der Waals surface area contributed by atoms with Crippen LogP contribution in [0.5, 0.6) is 23.0 Å². The lowest BCUT2D eigenvalue weighted by Crippen LogP contribution is -2.54. The number of rotatable bonds is 8. The van der Waals surface area contributed by atoms with E-state index in [2.05, 4.69) is 6.92 Å². The molecule has 1 saturated heterocycles. The number of hydrogen-bond acceptors (Lipinski definition) is 6. The minimum atomic E-state index is -0.670. The summed E-state index contributed by atoms with van der Waals surface area (Å²) in [5, 5.41) is 0. The Balaban J connectivity index is 1.28. The van der Waals surface area contributed by atoms with E-state index in [0.29, 0.717) is 55.8 Å². The van der Waals surface area contributed by atoms with Crippen LogP contribution in [0.15, 0.2) is 48.5 Å². The van der Waals surface area contributed by atoms with Gasteiger partial charge in [-0.05, 0) is 42.3 Å². The first-order valence-electron chi connectivity index (χ1n) is 12.0. The van der Waals surface area contributed by atoms with Gasteiger partial charge in [0.15, 0.2) is 23.0 Å². The van der Waals surface area contributed by atoms with Crippen LogP contribution in [0.2, 0.25) is 0 Å². The first-order valence-corrected chi connectivity index (χ1v) is 12.0. The van der Waals surface area contributed by atoms with Crippen molar-refractivity contribution in [2.24, 2.45) is 0 Å². The van der Waals surface area contributed by atoms with Crippen LogP contribution in [0.1, 0.15) is 25.3 Å². The molecule has 1 unspecified atom stereocenters. The fourth-order valence-electron chi connectivity index (χ4n) is 4.00. The third-order valence-electron chi connectivity index (χ3n) is 6.05. The average Bonchev–Trinajstić information content (AvgIpc) is 2.91. The molecule has 2 aromatic carbocycles. The van der Waals surface area contributed by atoms with E-state index in [9.17, 15) is 9.59 Å². The summed E-state index contributed by atoms with van der Waals surface area (Å²) in [5.74, 6) is 2.35. The minimum Gasteiger partial charge on any atom is -0.493 e. The molecule has 2 aromatic rings. The van der Waals surface area contributed by atoms with Gasteiger partial charge in [0, 0.05) is 32.3 Å². The van der Waals surface area contributed by atoms with Crippen LogP contribution < -0.4 is 18.9 Å². The molecule has 2 amide bonds. The van der Waals surface area contributed by atoms with Crippen LogP contribution in [0.4, 0.5) is 0 Å². The standard InChI is InChI=1S/C27H32N2O6/c1-3-4-17-33-22-11-9-20(18-24(22)32-2)10-12-26(30)28-13-15-29(16-14-28)27(31)25-19-34-21-7-5-6-8-23(21)35-25/h5-12,18,25H,3-4,13-17,19H2,1-2H3/b12-10+. The smallest absolute Gasteiger partial charge is 0.267 e. The quantitative estimate of drug-likeness (QED) is 0.426. The second-order valence-electron chi connectivity index (χ2n) is 8.46. The summed E-state index contributed by atoms with van der Waals surface area (Å²) in [6, 6.07) is 12.9. The number of benzene rings is 2. The Morgan fingerprint density at radius 1 is 1.03 bits per heavy atom. The number of methoxy groups -OCH3 is 1. The first kappa shape index (κ1) is 24.4. The first-order chi connectivity index (χ1) is 17.1. The summed E-state index contributed by atoms with van der Waals surface area (Å²) in [7, 11) is 1.60. The number of nitrogens with zero attached hydrogens (tertiary/aromatic N) is 2. The van der Waals surface area contributed by atoms with E-state index in [1.54, 1.807) is 35.1 Å². The number of ether oxygens (including phenoxy) is 4. The largest absolute Gasteiger partial charge is 0.493 e. The van der Waals surface area contributed by atoms with Crippen molar-refractivity contribution in [2.75, 3.05) is 46.5 Å². The molecule has 0 aliphatic carbocycles. The Bertz CT molecular complexity index is 1060. The Morgan fingerprint density at radius 2 is 1.77 bits per heavy atom. The van der Waals surface area contributed by atoms with Gasteiger partial charge in [0.2, 0.25) is 12.0 Å². The number of para-hydroxylation sites is 2. The lowest BCUT2D eigenvalue weighted by Gasteiger charge is -2.36. The van der Waals surface area contributed by atoms with Gasteiger partial charge in [0.25, 0.3) is 5.91 Å². The van der Waals surface area contributed by atoms with Crippen molar-refractivity contribution in [3.8, 4) is 23.0 Å².